The molecule has 0 saturated carbocycles. The summed E-state index contributed by atoms with van der Waals surface area (Å²) < 4.78 is 13.5. The first-order valence-corrected chi connectivity index (χ1v) is 21.9. The zero-order chi connectivity index (χ0) is 41.9. The van der Waals surface area contributed by atoms with E-state index in [1.807, 2.05) is 24.3 Å². The lowest BCUT2D eigenvalue weighted by Gasteiger charge is -2.32. The van der Waals surface area contributed by atoms with E-state index in [9.17, 15) is 0 Å². The van der Waals surface area contributed by atoms with Gasteiger partial charge in [-0.2, -0.15) is 0 Å². The van der Waals surface area contributed by atoms with E-state index in [4.69, 9.17) is 13.8 Å². The number of benzene rings is 10. The number of furan rings is 1. The fourth-order valence-corrected chi connectivity index (χ4v) is 11.0. The van der Waals surface area contributed by atoms with Crippen molar-refractivity contribution < 1.29 is 8.83 Å². The van der Waals surface area contributed by atoms with Gasteiger partial charge in [-0.15, -0.1) is 0 Å². The monoisotopic (exact) mass is 816 g/mol. The number of nitrogens with zero attached hydrogens (tertiary/aromatic N) is 2. The molecule has 0 N–H and O–H groups in total. The molecule has 4 nitrogen and oxygen atoms in total. The van der Waals surface area contributed by atoms with Crippen molar-refractivity contribution in [1.82, 2.24) is 4.98 Å². The van der Waals surface area contributed by atoms with Crippen LogP contribution in [-0.2, 0) is 5.41 Å². The largest absolute Gasteiger partial charge is 0.456 e. The van der Waals surface area contributed by atoms with Gasteiger partial charge in [0.25, 0.3) is 0 Å². The Balaban J connectivity index is 1.10. The Morgan fingerprint density at radius 3 is 1.64 bits per heavy atom. The minimum absolute atomic E-state index is 0.520. The summed E-state index contributed by atoms with van der Waals surface area (Å²) in [5.41, 5.74) is 19.0. The second kappa shape index (κ2) is 13.3. The highest BCUT2D eigenvalue weighted by Gasteiger charge is 2.51. The van der Waals surface area contributed by atoms with Crippen molar-refractivity contribution in [1.29, 1.82) is 0 Å². The zero-order valence-corrected chi connectivity index (χ0v) is 34.5. The molecule has 12 aromatic rings. The Morgan fingerprint density at radius 1 is 0.375 bits per heavy atom. The molecule has 2 aromatic heterocycles. The molecule has 64 heavy (non-hydrogen) atoms. The van der Waals surface area contributed by atoms with Crippen LogP contribution in [0.3, 0.4) is 0 Å². The van der Waals surface area contributed by atoms with Crippen LogP contribution in [0, 0.1) is 0 Å². The third kappa shape index (κ3) is 4.85. The minimum Gasteiger partial charge on any atom is -0.456 e. The van der Waals surface area contributed by atoms with E-state index in [0.717, 1.165) is 72.0 Å². The Hall–Kier alpha value is -8.47. The molecule has 1 spiro atoms. The highest BCUT2D eigenvalue weighted by Crippen LogP contribution is 2.63. The van der Waals surface area contributed by atoms with Crippen LogP contribution in [0.2, 0.25) is 0 Å². The molecule has 0 bridgehead atoms. The molecular formula is C60H36N2O2. The topological polar surface area (TPSA) is 42.4 Å². The van der Waals surface area contributed by atoms with Crippen molar-refractivity contribution in [2.24, 2.45) is 0 Å². The molecule has 0 radical (unpaired) electrons. The van der Waals surface area contributed by atoms with Gasteiger partial charge in [-0.25, -0.2) is 4.98 Å². The van der Waals surface area contributed by atoms with E-state index in [2.05, 4.69) is 199 Å². The maximum Gasteiger partial charge on any atom is 0.229 e. The maximum atomic E-state index is 6.84. The summed E-state index contributed by atoms with van der Waals surface area (Å²) in [6.45, 7) is 0. The Morgan fingerprint density at radius 2 is 0.938 bits per heavy atom. The second-order valence-electron chi connectivity index (χ2n) is 17.0. The SMILES string of the molecule is c1ccc(-c2ccc(N(c3ccc4c(c3)C3(c5ccccc5-c5ccccc53)c3ccccc3-4)c3c(-c4nc5ccccc5o4)ccc4oc5cc6ccccc6cc5c34)cc2)cc1. The standard InChI is InChI=1S/C60H36N2O2/c1-2-14-37(15-3-1)38-26-28-41(29-27-38)62(42-30-31-46-45-20-8-11-23-51(45)60(52(46)36-42)49-21-9-6-18-43(49)44-19-7-10-22-50(44)60)58-47(59-61-53-24-12-13-25-54(53)64-59)32-33-55-57(58)48-34-39-16-4-5-17-40(39)35-56(48)63-55/h1-36H. The van der Waals surface area contributed by atoms with Crippen LogP contribution in [0.25, 0.3) is 88.6 Å². The highest BCUT2D eigenvalue weighted by molar-refractivity contribution is 6.19. The molecule has 14 rings (SSSR count). The van der Waals surface area contributed by atoms with Gasteiger partial charge < -0.3 is 13.7 Å². The van der Waals surface area contributed by atoms with E-state index in [-0.39, 0.29) is 0 Å². The summed E-state index contributed by atoms with van der Waals surface area (Å²) in [6.07, 6.45) is 0. The molecule has 0 saturated heterocycles. The molecule has 298 valence electrons. The van der Waals surface area contributed by atoms with Crippen LogP contribution in [-0.4, -0.2) is 4.98 Å². The molecule has 0 atom stereocenters. The molecule has 0 amide bonds. The van der Waals surface area contributed by atoms with Gasteiger partial charge in [0.2, 0.25) is 5.89 Å². The van der Waals surface area contributed by atoms with Crippen LogP contribution in [0.1, 0.15) is 22.3 Å². The highest BCUT2D eigenvalue weighted by atomic mass is 16.3. The first-order chi connectivity index (χ1) is 31.7. The summed E-state index contributed by atoms with van der Waals surface area (Å²) in [5, 5.41) is 4.29. The average molecular weight is 817 g/mol. The summed E-state index contributed by atoms with van der Waals surface area (Å²) in [6, 6.07) is 78.7. The lowest BCUT2D eigenvalue weighted by molar-refractivity contribution is 0.620. The Bertz CT molecular complexity index is 3760. The molecule has 0 fully saturated rings. The summed E-state index contributed by atoms with van der Waals surface area (Å²) in [5.74, 6) is 0.544. The van der Waals surface area contributed by atoms with Crippen LogP contribution in [0.5, 0.6) is 0 Å². The zero-order valence-electron chi connectivity index (χ0n) is 34.5. The lowest BCUT2D eigenvalue weighted by Crippen LogP contribution is -2.26. The van der Waals surface area contributed by atoms with Crippen LogP contribution >= 0.6 is 0 Å². The van der Waals surface area contributed by atoms with Gasteiger partial charge in [0, 0.05) is 16.8 Å². The lowest BCUT2D eigenvalue weighted by atomic mass is 9.70. The van der Waals surface area contributed by atoms with Crippen molar-refractivity contribution in [2.75, 3.05) is 4.90 Å². The first kappa shape index (κ1) is 35.2. The summed E-state index contributed by atoms with van der Waals surface area (Å²) in [7, 11) is 0. The fraction of sp³-hybridized carbons (Fsp3) is 0.0167. The third-order valence-electron chi connectivity index (χ3n) is 13.7. The average Bonchev–Trinajstić information content (AvgIpc) is 4.11. The number of rotatable bonds is 5. The number of hydrogen-bond acceptors (Lipinski definition) is 4. The number of hydrogen-bond donors (Lipinski definition) is 0. The van der Waals surface area contributed by atoms with Gasteiger partial charge >= 0.3 is 0 Å². The van der Waals surface area contributed by atoms with E-state index >= 15 is 0 Å². The van der Waals surface area contributed by atoms with Gasteiger partial charge in [0.05, 0.1) is 22.1 Å². The maximum absolute atomic E-state index is 6.84. The van der Waals surface area contributed by atoms with E-state index in [0.29, 0.717) is 5.89 Å². The van der Waals surface area contributed by atoms with E-state index in [1.165, 1.54) is 50.1 Å². The van der Waals surface area contributed by atoms with Crippen molar-refractivity contribution in [3.8, 4) is 44.8 Å². The quantitative estimate of drug-likeness (QED) is 0.174. The van der Waals surface area contributed by atoms with E-state index < -0.39 is 5.41 Å². The van der Waals surface area contributed by atoms with Gasteiger partial charge in [-0.1, -0.05) is 158 Å². The van der Waals surface area contributed by atoms with Crippen molar-refractivity contribution in [2.45, 2.75) is 5.41 Å². The van der Waals surface area contributed by atoms with Crippen molar-refractivity contribution >= 4 is 60.9 Å². The summed E-state index contributed by atoms with van der Waals surface area (Å²) in [4.78, 5) is 7.57. The second-order valence-corrected chi connectivity index (χ2v) is 17.0. The molecule has 0 aliphatic heterocycles. The fourth-order valence-electron chi connectivity index (χ4n) is 11.0. The predicted octanol–water partition coefficient (Wildman–Crippen LogP) is 16.0. The Labute approximate surface area is 368 Å². The minimum atomic E-state index is -0.520. The van der Waals surface area contributed by atoms with Gasteiger partial charge in [-0.05, 0) is 127 Å². The van der Waals surface area contributed by atoms with Gasteiger partial charge in [0.15, 0.2) is 5.58 Å². The molecule has 2 aliphatic rings. The number of para-hydroxylation sites is 2. The third-order valence-corrected chi connectivity index (χ3v) is 13.7. The molecule has 4 heteroatoms. The smallest absolute Gasteiger partial charge is 0.229 e. The van der Waals surface area contributed by atoms with Crippen LogP contribution < -0.4 is 4.90 Å². The number of oxazole rings is 1. The van der Waals surface area contributed by atoms with Gasteiger partial charge in [-0.3, -0.25) is 0 Å². The van der Waals surface area contributed by atoms with Crippen molar-refractivity contribution in [3.05, 3.63) is 241 Å². The Kier molecular flexibility index (Phi) is 7.29. The van der Waals surface area contributed by atoms with Gasteiger partial charge in [0.1, 0.15) is 16.7 Å². The van der Waals surface area contributed by atoms with Crippen molar-refractivity contribution in [3.63, 3.8) is 0 Å². The van der Waals surface area contributed by atoms with Crippen LogP contribution in [0.15, 0.2) is 227 Å². The first-order valence-electron chi connectivity index (χ1n) is 21.9. The number of anilines is 3. The summed E-state index contributed by atoms with van der Waals surface area (Å²) >= 11 is 0. The predicted molar refractivity (Wildman–Crippen MR) is 261 cm³/mol. The normalized spacial score (nSPS) is 13.1. The van der Waals surface area contributed by atoms with E-state index in [1.54, 1.807) is 0 Å². The molecular weight excluding hydrogens is 781 g/mol. The molecule has 2 aliphatic carbocycles. The number of fused-ring (bicyclic) bond motifs is 15. The molecule has 10 aromatic carbocycles. The van der Waals surface area contributed by atoms with Crippen LogP contribution in [0.4, 0.5) is 17.1 Å². The molecule has 2 heterocycles. The number of aromatic nitrogens is 1. The molecule has 0 unspecified atom stereocenters.